The van der Waals surface area contributed by atoms with Gasteiger partial charge in [-0.25, -0.2) is 4.99 Å². The lowest BCUT2D eigenvalue weighted by Gasteiger charge is -2.32. The molecule has 0 atom stereocenters. The Balaban J connectivity index is 1.32. The summed E-state index contributed by atoms with van der Waals surface area (Å²) < 4.78 is 11.9. The molecule has 0 radical (unpaired) electrons. The number of guanidine groups is 1. The molecule has 184 valence electrons. The van der Waals surface area contributed by atoms with E-state index < -0.39 is 0 Å². The molecule has 10 nitrogen and oxygen atoms in total. The number of rotatable bonds is 7. The molecule has 1 fully saturated rings. The Morgan fingerprint density at radius 1 is 1.14 bits per heavy atom. The second kappa shape index (κ2) is 10.4. The average Bonchev–Trinajstić information content (AvgIpc) is 3.38. The topological polar surface area (TPSA) is 94.9 Å². The number of methoxy groups -OCH3 is 1. The Labute approximate surface area is 205 Å². The van der Waals surface area contributed by atoms with Crippen LogP contribution in [0.5, 0.6) is 11.5 Å². The van der Waals surface area contributed by atoms with Gasteiger partial charge in [0.2, 0.25) is 5.96 Å². The number of likely N-dealkylation sites (N-methyl/N-ethyl adjacent to an activating group) is 1. The van der Waals surface area contributed by atoms with Gasteiger partial charge in [-0.15, -0.1) is 0 Å². The van der Waals surface area contributed by atoms with Gasteiger partial charge >= 0.3 is 0 Å². The van der Waals surface area contributed by atoms with Crippen molar-refractivity contribution >= 4 is 23.4 Å². The molecule has 5 rings (SSSR count). The number of hydrogen-bond donors (Lipinski definition) is 1. The maximum atomic E-state index is 12.8. The highest BCUT2D eigenvalue weighted by molar-refractivity contribution is 6.20. The minimum atomic E-state index is -0.276. The number of benzene rings is 1. The van der Waals surface area contributed by atoms with E-state index in [4.69, 9.17) is 14.5 Å². The number of nitrogens with zero attached hydrogens (tertiary/aromatic N) is 6. The zero-order valence-electron chi connectivity index (χ0n) is 20.2. The van der Waals surface area contributed by atoms with E-state index in [2.05, 4.69) is 32.1 Å². The summed E-state index contributed by atoms with van der Waals surface area (Å²) in [5.41, 5.74) is 1.94. The number of amidine groups is 1. The van der Waals surface area contributed by atoms with Gasteiger partial charge in [0.1, 0.15) is 11.5 Å². The van der Waals surface area contributed by atoms with E-state index in [1.807, 2.05) is 17.0 Å². The first-order chi connectivity index (χ1) is 17.1. The van der Waals surface area contributed by atoms with Crippen molar-refractivity contribution in [2.24, 2.45) is 9.98 Å². The lowest BCUT2D eigenvalue weighted by molar-refractivity contribution is 0.0973. The summed E-state index contributed by atoms with van der Waals surface area (Å²) in [6.07, 6.45) is 4.09. The number of pyridine rings is 1. The maximum Gasteiger partial charge on any atom is 0.259 e. The standard InChI is InChI=1S/C25H31N7O3/c1-30-12-14-31(15-13-30)10-4-16-35-20-7-6-19-21(22(20)34-2)28-25(32-11-9-27-23(19)32)29-24(33)18-5-3-8-26-17-18/h3,5-8,17H,4,9-16H2,1-2H3,(H,28,29,33). The number of piperazine rings is 1. The van der Waals surface area contributed by atoms with E-state index in [9.17, 15) is 4.79 Å². The van der Waals surface area contributed by atoms with Crippen LogP contribution in [0.2, 0.25) is 0 Å². The van der Waals surface area contributed by atoms with Gasteiger partial charge in [0, 0.05) is 57.2 Å². The first kappa shape index (κ1) is 23.3. The number of amides is 1. The van der Waals surface area contributed by atoms with Crippen molar-refractivity contribution in [2.45, 2.75) is 6.42 Å². The van der Waals surface area contributed by atoms with Crippen LogP contribution in [0.25, 0.3) is 0 Å². The molecule has 4 heterocycles. The maximum absolute atomic E-state index is 12.8. The third-order valence-corrected chi connectivity index (χ3v) is 6.48. The van der Waals surface area contributed by atoms with Crippen molar-refractivity contribution in [1.82, 2.24) is 25.0 Å². The summed E-state index contributed by atoms with van der Waals surface area (Å²) in [4.78, 5) is 33.0. The quantitative estimate of drug-likeness (QED) is 0.606. The normalized spacial score (nSPS) is 17.8. The van der Waals surface area contributed by atoms with Crippen LogP contribution in [-0.2, 0) is 0 Å². The number of ether oxygens (including phenoxy) is 2. The Bertz CT molecular complexity index is 1130. The second-order valence-corrected chi connectivity index (χ2v) is 8.83. The molecule has 1 amide bonds. The number of carbonyl (C=O) groups excluding carboxylic acids is 1. The van der Waals surface area contributed by atoms with Crippen molar-refractivity contribution in [3.63, 3.8) is 0 Å². The van der Waals surface area contributed by atoms with Gasteiger partial charge in [0.25, 0.3) is 5.91 Å². The second-order valence-electron chi connectivity index (χ2n) is 8.83. The fourth-order valence-electron chi connectivity index (χ4n) is 4.51. The van der Waals surface area contributed by atoms with Gasteiger partial charge in [-0.3, -0.25) is 25.0 Å². The first-order valence-corrected chi connectivity index (χ1v) is 12.0. The van der Waals surface area contributed by atoms with Crippen LogP contribution >= 0.6 is 0 Å². The zero-order valence-corrected chi connectivity index (χ0v) is 20.2. The molecule has 10 heteroatoms. The molecule has 3 aliphatic heterocycles. The Hall–Kier alpha value is -3.50. The minimum Gasteiger partial charge on any atom is -0.491 e. The fraction of sp³-hybridized carbons (Fsp3) is 0.440. The molecule has 1 aromatic carbocycles. The zero-order chi connectivity index (χ0) is 24.2. The van der Waals surface area contributed by atoms with Crippen molar-refractivity contribution in [2.75, 3.05) is 66.6 Å². The van der Waals surface area contributed by atoms with Crippen molar-refractivity contribution in [1.29, 1.82) is 0 Å². The molecule has 0 aliphatic carbocycles. The molecular formula is C25H31N7O3. The van der Waals surface area contributed by atoms with Crippen LogP contribution in [0.1, 0.15) is 22.3 Å². The molecule has 0 unspecified atom stereocenters. The van der Waals surface area contributed by atoms with Crippen LogP contribution in [0.3, 0.4) is 0 Å². The van der Waals surface area contributed by atoms with Gasteiger partial charge in [-0.2, -0.15) is 0 Å². The van der Waals surface area contributed by atoms with Crippen LogP contribution in [0.15, 0.2) is 46.6 Å². The number of aliphatic imine (C=N–C) groups is 2. The monoisotopic (exact) mass is 477 g/mol. The van der Waals surface area contributed by atoms with E-state index in [0.717, 1.165) is 50.5 Å². The van der Waals surface area contributed by atoms with E-state index in [1.54, 1.807) is 25.4 Å². The van der Waals surface area contributed by atoms with Crippen molar-refractivity contribution in [3.05, 3.63) is 47.8 Å². The third-order valence-electron chi connectivity index (χ3n) is 6.48. The molecule has 0 spiro atoms. The Kier molecular flexibility index (Phi) is 6.91. The van der Waals surface area contributed by atoms with E-state index in [0.29, 0.717) is 48.4 Å². The van der Waals surface area contributed by atoms with Gasteiger partial charge in [0.05, 0.1) is 25.8 Å². The Morgan fingerprint density at radius 2 is 2.00 bits per heavy atom. The van der Waals surface area contributed by atoms with Gasteiger partial charge in [-0.1, -0.05) is 0 Å². The highest BCUT2D eigenvalue weighted by Crippen LogP contribution is 2.43. The summed E-state index contributed by atoms with van der Waals surface area (Å²) in [7, 11) is 3.77. The molecule has 2 aromatic rings. The average molecular weight is 478 g/mol. The highest BCUT2D eigenvalue weighted by Gasteiger charge is 2.33. The smallest absolute Gasteiger partial charge is 0.259 e. The molecule has 35 heavy (non-hydrogen) atoms. The predicted octanol–water partition coefficient (Wildman–Crippen LogP) is 1.60. The summed E-state index contributed by atoms with van der Waals surface area (Å²) in [6, 6.07) is 7.33. The van der Waals surface area contributed by atoms with Gasteiger partial charge in [0.15, 0.2) is 11.5 Å². The minimum absolute atomic E-state index is 0.276. The first-order valence-electron chi connectivity index (χ1n) is 12.0. The van der Waals surface area contributed by atoms with Crippen LogP contribution in [-0.4, -0.2) is 104 Å². The number of aromatic nitrogens is 1. The molecule has 0 saturated carbocycles. The lowest BCUT2D eigenvalue weighted by Crippen LogP contribution is -2.47. The number of carbonyl (C=O) groups is 1. The fourth-order valence-corrected chi connectivity index (χ4v) is 4.51. The molecule has 1 N–H and O–H groups in total. The van der Waals surface area contributed by atoms with Crippen molar-refractivity contribution < 1.29 is 14.3 Å². The summed E-state index contributed by atoms with van der Waals surface area (Å²) >= 11 is 0. The predicted molar refractivity (Wildman–Crippen MR) is 134 cm³/mol. The molecule has 1 aromatic heterocycles. The molecule has 1 saturated heterocycles. The summed E-state index contributed by atoms with van der Waals surface area (Å²) in [5, 5.41) is 2.92. The van der Waals surface area contributed by atoms with Crippen LogP contribution in [0.4, 0.5) is 5.69 Å². The van der Waals surface area contributed by atoms with E-state index in [-0.39, 0.29) is 5.91 Å². The third kappa shape index (κ3) is 4.98. The summed E-state index contributed by atoms with van der Waals surface area (Å²) in [6.45, 7) is 7.28. The largest absolute Gasteiger partial charge is 0.491 e. The van der Waals surface area contributed by atoms with Crippen LogP contribution < -0.4 is 14.8 Å². The lowest BCUT2D eigenvalue weighted by atomic mass is 10.1. The van der Waals surface area contributed by atoms with Gasteiger partial charge in [-0.05, 0) is 37.7 Å². The van der Waals surface area contributed by atoms with Gasteiger partial charge < -0.3 is 19.3 Å². The van der Waals surface area contributed by atoms with E-state index in [1.165, 1.54) is 6.20 Å². The number of nitrogens with one attached hydrogen (secondary N) is 1. The van der Waals surface area contributed by atoms with Crippen molar-refractivity contribution in [3.8, 4) is 11.5 Å². The number of fused-ring (bicyclic) bond motifs is 3. The summed E-state index contributed by atoms with van der Waals surface area (Å²) in [5.74, 6) is 2.11. The highest BCUT2D eigenvalue weighted by atomic mass is 16.5. The SMILES string of the molecule is COc1c(OCCCN2CCN(C)CC2)ccc2c1N=C(NC(=O)c1cccnc1)N1CCN=C21. The van der Waals surface area contributed by atoms with Crippen LogP contribution in [0, 0.1) is 0 Å². The molecule has 3 aliphatic rings. The molecule has 0 bridgehead atoms. The Morgan fingerprint density at radius 3 is 2.77 bits per heavy atom. The number of hydrogen-bond acceptors (Lipinski definition) is 9. The van der Waals surface area contributed by atoms with E-state index >= 15 is 0 Å². The molecular weight excluding hydrogens is 446 g/mol.